The van der Waals surface area contributed by atoms with Crippen molar-refractivity contribution in [2.75, 3.05) is 13.2 Å². The first kappa shape index (κ1) is 29.1. The number of halogens is 1. The fraction of sp³-hybridized carbons (Fsp3) is 0.467. The van der Waals surface area contributed by atoms with Gasteiger partial charge < -0.3 is 20.1 Å². The highest BCUT2D eigenvalue weighted by molar-refractivity contribution is 6.31. The van der Waals surface area contributed by atoms with Crippen molar-refractivity contribution in [3.8, 4) is 0 Å². The van der Waals surface area contributed by atoms with E-state index in [0.29, 0.717) is 46.9 Å². The summed E-state index contributed by atoms with van der Waals surface area (Å²) in [5, 5.41) is 22.5. The predicted molar refractivity (Wildman–Crippen MR) is 153 cm³/mol. The fourth-order valence-corrected chi connectivity index (χ4v) is 4.95. The monoisotopic (exact) mass is 554 g/mol. The number of aliphatic hydroxyl groups is 1. The van der Waals surface area contributed by atoms with Crippen molar-refractivity contribution in [2.45, 2.75) is 64.9 Å². The zero-order valence-electron chi connectivity index (χ0n) is 22.8. The average molecular weight is 555 g/mol. The van der Waals surface area contributed by atoms with Crippen LogP contribution in [0.4, 0.5) is 0 Å². The van der Waals surface area contributed by atoms with Gasteiger partial charge in [0.25, 0.3) is 0 Å². The Morgan fingerprint density at radius 1 is 1.15 bits per heavy atom. The van der Waals surface area contributed by atoms with Crippen LogP contribution in [0.3, 0.4) is 0 Å². The summed E-state index contributed by atoms with van der Waals surface area (Å²) in [5.41, 5.74) is 2.37. The molecule has 3 unspecified atom stereocenters. The molecular formula is C30H39ClN4O4. The maximum atomic E-state index is 13.4. The summed E-state index contributed by atoms with van der Waals surface area (Å²) in [7, 11) is 0. The molecule has 8 nitrogen and oxygen atoms in total. The van der Waals surface area contributed by atoms with E-state index in [-0.39, 0.29) is 24.1 Å². The van der Waals surface area contributed by atoms with Crippen molar-refractivity contribution >= 4 is 34.4 Å². The molecule has 1 heterocycles. The van der Waals surface area contributed by atoms with Crippen molar-refractivity contribution < 1.29 is 19.4 Å². The quantitative estimate of drug-likeness (QED) is 0.146. The summed E-state index contributed by atoms with van der Waals surface area (Å²) in [5.74, 6) is 0.101. The lowest BCUT2D eigenvalue weighted by Gasteiger charge is -2.31. The van der Waals surface area contributed by atoms with Crippen LogP contribution in [-0.2, 0) is 16.1 Å². The second kappa shape index (κ2) is 13.4. The van der Waals surface area contributed by atoms with Crippen molar-refractivity contribution in [1.29, 1.82) is 0 Å². The van der Waals surface area contributed by atoms with Gasteiger partial charge >= 0.3 is 5.97 Å². The molecule has 1 saturated carbocycles. The number of hydrogen-bond donors (Lipinski definition) is 5. The summed E-state index contributed by atoms with van der Waals surface area (Å²) >= 11 is 6.26. The highest BCUT2D eigenvalue weighted by Gasteiger charge is 2.34. The molecule has 3 aromatic rings. The van der Waals surface area contributed by atoms with E-state index in [0.717, 1.165) is 18.4 Å². The van der Waals surface area contributed by atoms with Crippen molar-refractivity contribution in [3.63, 3.8) is 0 Å². The van der Waals surface area contributed by atoms with Crippen molar-refractivity contribution in [2.24, 2.45) is 11.8 Å². The Morgan fingerprint density at radius 2 is 1.90 bits per heavy atom. The Morgan fingerprint density at radius 3 is 2.56 bits per heavy atom. The summed E-state index contributed by atoms with van der Waals surface area (Å²) in [6.45, 7) is 7.09. The summed E-state index contributed by atoms with van der Waals surface area (Å²) in [6, 6.07) is 13.6. The first-order valence-corrected chi connectivity index (χ1v) is 14.1. The first-order chi connectivity index (χ1) is 18.8. The maximum absolute atomic E-state index is 13.4. The molecule has 39 heavy (non-hydrogen) atoms. The Kier molecular flexibility index (Phi) is 10.0. The molecule has 1 aliphatic carbocycles. The number of fused-ring (bicyclic) bond motifs is 1. The fourth-order valence-electron chi connectivity index (χ4n) is 4.78. The number of rotatable bonds is 14. The van der Waals surface area contributed by atoms with Crippen molar-refractivity contribution in [3.05, 3.63) is 70.4 Å². The van der Waals surface area contributed by atoms with Gasteiger partial charge in [-0.05, 0) is 55.7 Å². The van der Waals surface area contributed by atoms with Gasteiger partial charge in [-0.3, -0.25) is 15.4 Å². The highest BCUT2D eigenvalue weighted by Crippen LogP contribution is 2.33. The van der Waals surface area contributed by atoms with Gasteiger partial charge in [-0.1, -0.05) is 61.8 Å². The van der Waals surface area contributed by atoms with E-state index in [2.05, 4.69) is 34.8 Å². The van der Waals surface area contributed by atoms with Crippen LogP contribution in [0.1, 0.15) is 67.7 Å². The van der Waals surface area contributed by atoms with E-state index in [1.54, 1.807) is 19.1 Å². The van der Waals surface area contributed by atoms with Gasteiger partial charge in [-0.15, -0.1) is 0 Å². The van der Waals surface area contributed by atoms with Gasteiger partial charge in [-0.2, -0.15) is 0 Å². The minimum absolute atomic E-state index is 0.114. The molecule has 9 heteroatoms. The van der Waals surface area contributed by atoms with Crippen LogP contribution in [0.15, 0.2) is 48.5 Å². The van der Waals surface area contributed by atoms with Crippen LogP contribution < -0.4 is 16.0 Å². The number of amides is 1. The van der Waals surface area contributed by atoms with Gasteiger partial charge in [0.2, 0.25) is 5.91 Å². The zero-order valence-corrected chi connectivity index (χ0v) is 23.6. The third-order valence-electron chi connectivity index (χ3n) is 6.93. The molecule has 1 amide bonds. The minimum Gasteiger partial charge on any atom is -0.461 e. The van der Waals surface area contributed by atoms with E-state index in [1.165, 1.54) is 0 Å². The van der Waals surface area contributed by atoms with Gasteiger partial charge in [0.1, 0.15) is 11.9 Å². The minimum atomic E-state index is -1.14. The molecule has 4 rings (SSSR count). The number of nitrogens with one attached hydrogen (secondary N) is 4. The molecule has 210 valence electrons. The molecule has 3 atom stereocenters. The second-order valence-electron chi connectivity index (χ2n) is 10.7. The zero-order chi connectivity index (χ0) is 27.9. The van der Waals surface area contributed by atoms with Crippen LogP contribution in [0.25, 0.3) is 10.9 Å². The number of benzene rings is 2. The molecule has 0 bridgehead atoms. The number of carbonyl (C=O) groups excluding carboxylic acids is 2. The lowest BCUT2D eigenvalue weighted by atomic mass is 9.96. The molecule has 0 spiro atoms. The molecule has 0 radical (unpaired) electrons. The molecule has 1 aromatic heterocycles. The number of ether oxygens (including phenoxy) is 1. The Labute approximate surface area is 234 Å². The lowest BCUT2D eigenvalue weighted by molar-refractivity contribution is -0.124. The first-order valence-electron chi connectivity index (χ1n) is 13.7. The van der Waals surface area contributed by atoms with Gasteiger partial charge in [0.15, 0.2) is 0 Å². The normalized spacial score (nSPS) is 15.7. The number of hydrogen-bond acceptors (Lipinski definition) is 6. The van der Waals surface area contributed by atoms with E-state index < -0.39 is 24.3 Å². The van der Waals surface area contributed by atoms with Crippen LogP contribution in [0, 0.1) is 11.8 Å². The van der Waals surface area contributed by atoms with Crippen molar-refractivity contribution in [1.82, 2.24) is 20.9 Å². The lowest BCUT2D eigenvalue weighted by Crippen LogP contribution is -2.51. The van der Waals surface area contributed by atoms with Crippen LogP contribution in [0.2, 0.25) is 5.02 Å². The third kappa shape index (κ3) is 7.82. The number of carbonyl (C=O) groups is 2. The predicted octanol–water partition coefficient (Wildman–Crippen LogP) is 4.68. The SMILES string of the molecule is CCOC(=O)c1[nH]c2cc(Cl)ccc2c1C(NC(CC(C)C)C(=O)NCC1CC1)C(O)NCc1ccccc1. The molecule has 5 N–H and O–H groups in total. The number of H-pyrrole nitrogens is 1. The Balaban J connectivity index is 1.73. The Hall–Kier alpha value is -2.91. The van der Waals surface area contributed by atoms with Gasteiger partial charge in [0, 0.05) is 34.6 Å². The largest absolute Gasteiger partial charge is 0.461 e. The summed E-state index contributed by atoms with van der Waals surface area (Å²) in [6.07, 6.45) is 1.68. The molecule has 1 fully saturated rings. The third-order valence-corrected chi connectivity index (χ3v) is 7.17. The average Bonchev–Trinajstić information content (AvgIpc) is 3.67. The number of esters is 1. The maximum Gasteiger partial charge on any atom is 0.355 e. The number of aromatic nitrogens is 1. The molecule has 1 aliphatic rings. The van der Waals surface area contributed by atoms with Gasteiger partial charge in [0.05, 0.1) is 18.7 Å². The molecular weight excluding hydrogens is 516 g/mol. The molecule has 0 aliphatic heterocycles. The van der Waals surface area contributed by atoms with Crippen LogP contribution in [0.5, 0.6) is 0 Å². The van der Waals surface area contributed by atoms with E-state index in [9.17, 15) is 14.7 Å². The second-order valence-corrected chi connectivity index (χ2v) is 11.1. The van der Waals surface area contributed by atoms with Crippen LogP contribution >= 0.6 is 11.6 Å². The molecule has 2 aromatic carbocycles. The smallest absolute Gasteiger partial charge is 0.355 e. The summed E-state index contributed by atoms with van der Waals surface area (Å²) in [4.78, 5) is 29.6. The number of aliphatic hydroxyl groups excluding tert-OH is 1. The Bertz CT molecular complexity index is 1260. The molecule has 0 saturated heterocycles. The standard InChI is InChI=1S/C30H39ClN4O4/c1-4-39-30(38)27-25(22-13-12-21(31)15-23(22)34-27)26(29(37)33-16-19-8-6-5-7-9-19)35-24(14-18(2)3)28(36)32-17-20-10-11-20/h5-9,12-13,15,18,20,24,26,29,33-35,37H,4,10-11,14,16-17H2,1-3H3,(H,32,36). The number of aromatic amines is 1. The van der Waals surface area contributed by atoms with Crippen LogP contribution in [-0.4, -0.2) is 47.4 Å². The summed E-state index contributed by atoms with van der Waals surface area (Å²) < 4.78 is 5.36. The topological polar surface area (TPSA) is 115 Å². The highest BCUT2D eigenvalue weighted by atomic mass is 35.5. The van der Waals surface area contributed by atoms with E-state index >= 15 is 0 Å². The van der Waals surface area contributed by atoms with Gasteiger partial charge in [-0.25, -0.2) is 4.79 Å². The van der Waals surface area contributed by atoms with E-state index in [1.807, 2.05) is 36.4 Å². The van der Waals surface area contributed by atoms with E-state index in [4.69, 9.17) is 16.3 Å².